The van der Waals surface area contributed by atoms with E-state index in [0.717, 1.165) is 25.8 Å². The number of rotatable bonds is 5. The molecule has 0 aromatic heterocycles. The van der Waals surface area contributed by atoms with Gasteiger partial charge in [-0.2, -0.15) is 0 Å². The molecule has 1 saturated heterocycles. The van der Waals surface area contributed by atoms with Crippen molar-refractivity contribution in [2.45, 2.75) is 51.2 Å². The predicted molar refractivity (Wildman–Crippen MR) is 83.2 cm³/mol. The van der Waals surface area contributed by atoms with Crippen LogP contribution in [-0.2, 0) is 11.2 Å². The van der Waals surface area contributed by atoms with Gasteiger partial charge in [-0.25, -0.2) is 0 Å². The lowest BCUT2D eigenvalue weighted by molar-refractivity contribution is -0.0240. The molecule has 0 aliphatic carbocycles. The van der Waals surface area contributed by atoms with Crippen molar-refractivity contribution in [3.8, 4) is 0 Å². The fourth-order valence-corrected chi connectivity index (χ4v) is 3.30. The fraction of sp³-hybridized carbons (Fsp3) is 0.625. The Balaban J connectivity index is 1.93. The molecule has 0 spiro atoms. The first-order chi connectivity index (χ1) is 9.00. The lowest BCUT2D eigenvalue weighted by Crippen LogP contribution is -2.25. The van der Waals surface area contributed by atoms with Crippen molar-refractivity contribution in [1.29, 1.82) is 0 Å². The highest BCUT2D eigenvalue weighted by Gasteiger charge is 2.32. The number of halogens is 1. The van der Waals surface area contributed by atoms with Crippen LogP contribution in [0.15, 0.2) is 28.7 Å². The Hall–Kier alpha value is -0.380. The average molecular weight is 326 g/mol. The molecule has 0 bridgehead atoms. The van der Waals surface area contributed by atoms with Crippen molar-refractivity contribution < 1.29 is 4.74 Å². The van der Waals surface area contributed by atoms with Crippen molar-refractivity contribution in [2.75, 3.05) is 6.54 Å². The molecule has 1 fully saturated rings. The van der Waals surface area contributed by atoms with Crippen molar-refractivity contribution >= 4 is 15.9 Å². The van der Waals surface area contributed by atoms with Gasteiger partial charge in [-0.05, 0) is 63.6 Å². The Bertz CT molecular complexity index is 419. The molecule has 0 amide bonds. The van der Waals surface area contributed by atoms with Crippen LogP contribution in [0, 0.1) is 5.92 Å². The second-order valence-corrected chi connectivity index (χ2v) is 7.03. The minimum Gasteiger partial charge on any atom is -0.372 e. The van der Waals surface area contributed by atoms with Gasteiger partial charge < -0.3 is 10.5 Å². The minimum atomic E-state index is 0.0527. The number of nitrogens with two attached hydrogens (primary N) is 1. The van der Waals surface area contributed by atoms with Crippen molar-refractivity contribution in [3.63, 3.8) is 0 Å². The third kappa shape index (κ3) is 4.30. The second kappa shape index (κ2) is 6.38. The van der Waals surface area contributed by atoms with Gasteiger partial charge in [0, 0.05) is 4.47 Å². The topological polar surface area (TPSA) is 35.2 Å². The maximum atomic E-state index is 6.08. The molecule has 2 atom stereocenters. The molecule has 2 unspecified atom stereocenters. The van der Waals surface area contributed by atoms with Crippen molar-refractivity contribution in [2.24, 2.45) is 11.7 Å². The maximum absolute atomic E-state index is 6.08. The maximum Gasteiger partial charge on any atom is 0.0631 e. The molecule has 1 aromatic rings. The summed E-state index contributed by atoms with van der Waals surface area (Å²) in [5.41, 5.74) is 7.34. The normalized spacial score (nSPS) is 23.5. The van der Waals surface area contributed by atoms with Crippen LogP contribution in [-0.4, -0.2) is 18.2 Å². The minimum absolute atomic E-state index is 0.0527. The molecule has 1 aliphatic rings. The number of ether oxygens (including phenoxy) is 1. The van der Waals surface area contributed by atoms with Gasteiger partial charge in [-0.15, -0.1) is 0 Å². The molecule has 2 rings (SSSR count). The van der Waals surface area contributed by atoms with Gasteiger partial charge in [0.25, 0.3) is 0 Å². The third-order valence-electron chi connectivity index (χ3n) is 3.95. The van der Waals surface area contributed by atoms with Gasteiger partial charge >= 0.3 is 0 Å². The molecular weight excluding hydrogens is 302 g/mol. The van der Waals surface area contributed by atoms with E-state index in [-0.39, 0.29) is 5.60 Å². The van der Waals surface area contributed by atoms with Gasteiger partial charge in [-0.3, -0.25) is 0 Å². The van der Waals surface area contributed by atoms with Crippen molar-refractivity contribution in [3.05, 3.63) is 34.3 Å². The molecule has 0 saturated carbocycles. The van der Waals surface area contributed by atoms with E-state index in [0.29, 0.717) is 12.0 Å². The molecule has 0 radical (unpaired) electrons. The van der Waals surface area contributed by atoms with E-state index in [1.807, 2.05) is 6.07 Å². The van der Waals surface area contributed by atoms with Gasteiger partial charge in [0.1, 0.15) is 0 Å². The lowest BCUT2D eigenvalue weighted by atomic mass is 9.92. The first-order valence-electron chi connectivity index (χ1n) is 7.11. The van der Waals surface area contributed by atoms with E-state index in [1.165, 1.54) is 16.5 Å². The summed E-state index contributed by atoms with van der Waals surface area (Å²) in [7, 11) is 0. The Labute approximate surface area is 124 Å². The smallest absolute Gasteiger partial charge is 0.0631 e. The average Bonchev–Trinajstić information content (AvgIpc) is 2.70. The van der Waals surface area contributed by atoms with Crippen LogP contribution in [0.5, 0.6) is 0 Å². The predicted octanol–water partition coefficient (Wildman–Crippen LogP) is 3.91. The standard InChI is InChI=1S/C16H24BrNO/c1-16(2)8-7-14(19-16)10-12(11-18)9-13-5-3-4-6-15(13)17/h3-6,12,14H,7-11,18H2,1-2H3. The quantitative estimate of drug-likeness (QED) is 0.890. The second-order valence-electron chi connectivity index (χ2n) is 6.17. The highest BCUT2D eigenvalue weighted by atomic mass is 79.9. The molecule has 2 N–H and O–H groups in total. The summed E-state index contributed by atoms with van der Waals surface area (Å²) in [4.78, 5) is 0. The highest BCUT2D eigenvalue weighted by Crippen LogP contribution is 2.33. The molecule has 19 heavy (non-hydrogen) atoms. The fourth-order valence-electron chi connectivity index (χ4n) is 2.85. The molecule has 2 nitrogen and oxygen atoms in total. The Kier molecular flexibility index (Phi) is 5.04. The molecule has 1 aromatic carbocycles. The zero-order chi connectivity index (χ0) is 13.9. The summed E-state index contributed by atoms with van der Waals surface area (Å²) < 4.78 is 7.26. The van der Waals surface area contributed by atoms with Crippen LogP contribution in [0.3, 0.4) is 0 Å². The number of benzene rings is 1. The summed E-state index contributed by atoms with van der Waals surface area (Å²) in [5, 5.41) is 0. The molecule has 3 heteroatoms. The van der Waals surface area contributed by atoms with E-state index in [1.54, 1.807) is 0 Å². The Morgan fingerprint density at radius 2 is 2.16 bits per heavy atom. The summed E-state index contributed by atoms with van der Waals surface area (Å²) in [6, 6.07) is 8.40. The third-order valence-corrected chi connectivity index (χ3v) is 4.72. The van der Waals surface area contributed by atoms with Gasteiger partial charge in [-0.1, -0.05) is 34.1 Å². The van der Waals surface area contributed by atoms with E-state index < -0.39 is 0 Å². The van der Waals surface area contributed by atoms with Crippen LogP contribution >= 0.6 is 15.9 Å². The van der Waals surface area contributed by atoms with Crippen LogP contribution in [0.1, 0.15) is 38.7 Å². The zero-order valence-corrected chi connectivity index (χ0v) is 13.4. The van der Waals surface area contributed by atoms with Crippen molar-refractivity contribution in [1.82, 2.24) is 0 Å². The molecular formula is C16H24BrNO. The van der Waals surface area contributed by atoms with E-state index >= 15 is 0 Å². The monoisotopic (exact) mass is 325 g/mol. The summed E-state index contributed by atoms with van der Waals surface area (Å²) in [6.07, 6.45) is 4.80. The first kappa shape index (κ1) is 15.0. The SMILES string of the molecule is CC1(C)CCC(CC(CN)Cc2ccccc2Br)O1. The van der Waals surface area contributed by atoms with Gasteiger partial charge in [0.15, 0.2) is 0 Å². The zero-order valence-electron chi connectivity index (χ0n) is 11.9. The van der Waals surface area contributed by atoms with Crippen LogP contribution < -0.4 is 5.73 Å². The van der Waals surface area contributed by atoms with Gasteiger partial charge in [0.05, 0.1) is 11.7 Å². The highest BCUT2D eigenvalue weighted by molar-refractivity contribution is 9.10. The summed E-state index contributed by atoms with van der Waals surface area (Å²) in [5.74, 6) is 0.498. The van der Waals surface area contributed by atoms with Crippen LogP contribution in [0.4, 0.5) is 0 Å². The lowest BCUT2D eigenvalue weighted by Gasteiger charge is -2.23. The summed E-state index contributed by atoms with van der Waals surface area (Å²) >= 11 is 3.61. The van der Waals surface area contributed by atoms with E-state index in [4.69, 9.17) is 10.5 Å². The van der Waals surface area contributed by atoms with E-state index in [9.17, 15) is 0 Å². The summed E-state index contributed by atoms with van der Waals surface area (Å²) in [6.45, 7) is 5.08. The number of hydrogen-bond donors (Lipinski definition) is 1. The molecule has 106 valence electrons. The first-order valence-corrected chi connectivity index (χ1v) is 7.91. The van der Waals surface area contributed by atoms with Crippen LogP contribution in [0.2, 0.25) is 0 Å². The van der Waals surface area contributed by atoms with Gasteiger partial charge in [0.2, 0.25) is 0 Å². The van der Waals surface area contributed by atoms with E-state index in [2.05, 4.69) is 48.0 Å². The van der Waals surface area contributed by atoms with Crippen LogP contribution in [0.25, 0.3) is 0 Å². The molecule has 1 aliphatic heterocycles. The number of hydrogen-bond acceptors (Lipinski definition) is 2. The Morgan fingerprint density at radius 3 is 2.74 bits per heavy atom. The largest absolute Gasteiger partial charge is 0.372 e. The Morgan fingerprint density at radius 1 is 1.42 bits per heavy atom. The molecule has 1 heterocycles.